The molecule has 2 heterocycles. The number of hydrazine groups is 1. The largest absolute Gasteiger partial charge is 0.448 e. The molecule has 3 rings (SSSR count). The van der Waals surface area contributed by atoms with Crippen LogP contribution in [0.2, 0.25) is 0 Å². The molecule has 2 aliphatic heterocycles. The van der Waals surface area contributed by atoms with Gasteiger partial charge in [-0.3, -0.25) is 4.79 Å². The maximum Gasteiger partial charge on any atom is 0.432 e. The number of ketones is 1. The molecule has 3 aliphatic rings. The molecule has 0 aromatic carbocycles. The first-order valence-corrected chi connectivity index (χ1v) is 8.00. The van der Waals surface area contributed by atoms with Crippen molar-refractivity contribution in [3.05, 3.63) is 24.3 Å². The standard InChI is InChI=1S/C16H22N2O6/c1-4-11-24-16-10-9-12(7-8-13(16)19)17(14(20)22-5-2)18(16)15(21)23-6-3/h7-10,12H,4-6,11H2,1-3H3/t12-,16+/m0/s1. The quantitative estimate of drug-likeness (QED) is 0.713. The molecule has 1 aliphatic carbocycles. The minimum absolute atomic E-state index is 0.0891. The number of fused-ring (bicyclic) bond motifs is 2. The topological polar surface area (TPSA) is 85.4 Å². The van der Waals surface area contributed by atoms with Gasteiger partial charge in [0.1, 0.15) is 0 Å². The van der Waals surface area contributed by atoms with Crippen molar-refractivity contribution in [1.29, 1.82) is 0 Å². The van der Waals surface area contributed by atoms with Crippen LogP contribution in [0, 0.1) is 0 Å². The summed E-state index contributed by atoms with van der Waals surface area (Å²) in [6, 6.07) is -0.641. The minimum Gasteiger partial charge on any atom is -0.448 e. The summed E-state index contributed by atoms with van der Waals surface area (Å²) in [6.45, 7) is 5.61. The number of amides is 2. The highest BCUT2D eigenvalue weighted by Crippen LogP contribution is 2.34. The fourth-order valence-electron chi connectivity index (χ4n) is 2.55. The normalized spacial score (nSPS) is 25.0. The van der Waals surface area contributed by atoms with Crippen molar-refractivity contribution in [1.82, 2.24) is 10.0 Å². The lowest BCUT2D eigenvalue weighted by Crippen LogP contribution is -2.68. The van der Waals surface area contributed by atoms with Gasteiger partial charge in [-0.05, 0) is 32.4 Å². The average molecular weight is 338 g/mol. The zero-order valence-corrected chi connectivity index (χ0v) is 14.1. The van der Waals surface area contributed by atoms with E-state index in [4.69, 9.17) is 14.2 Å². The number of carbonyl (C=O) groups is 3. The van der Waals surface area contributed by atoms with Gasteiger partial charge in [0.05, 0.1) is 25.9 Å². The summed E-state index contributed by atoms with van der Waals surface area (Å²) in [5.74, 6) is -0.463. The second-order valence-corrected chi connectivity index (χ2v) is 5.17. The van der Waals surface area contributed by atoms with Gasteiger partial charge in [-0.25, -0.2) is 9.59 Å². The van der Waals surface area contributed by atoms with Crippen LogP contribution >= 0.6 is 0 Å². The molecule has 132 valence electrons. The van der Waals surface area contributed by atoms with Crippen LogP contribution < -0.4 is 0 Å². The summed E-state index contributed by atoms with van der Waals surface area (Å²) < 4.78 is 15.8. The molecule has 0 fully saturated rings. The van der Waals surface area contributed by atoms with Crippen molar-refractivity contribution in [3.8, 4) is 0 Å². The van der Waals surface area contributed by atoms with Gasteiger partial charge >= 0.3 is 12.2 Å². The van der Waals surface area contributed by atoms with Crippen LogP contribution in [0.1, 0.15) is 27.2 Å². The molecule has 2 atom stereocenters. The van der Waals surface area contributed by atoms with Crippen molar-refractivity contribution < 1.29 is 28.6 Å². The van der Waals surface area contributed by atoms with Gasteiger partial charge in [0.2, 0.25) is 11.5 Å². The molecule has 0 aromatic rings. The van der Waals surface area contributed by atoms with Gasteiger partial charge in [0.15, 0.2) is 0 Å². The molecule has 8 heteroatoms. The van der Waals surface area contributed by atoms with E-state index in [1.54, 1.807) is 19.9 Å². The molecule has 0 spiro atoms. The van der Waals surface area contributed by atoms with E-state index in [-0.39, 0.29) is 19.8 Å². The maximum absolute atomic E-state index is 12.7. The molecule has 0 saturated carbocycles. The van der Waals surface area contributed by atoms with Crippen molar-refractivity contribution in [2.45, 2.75) is 39.0 Å². The van der Waals surface area contributed by atoms with Gasteiger partial charge in [-0.15, -0.1) is 0 Å². The predicted octanol–water partition coefficient (Wildman–Crippen LogP) is 2.02. The van der Waals surface area contributed by atoms with E-state index in [1.807, 2.05) is 6.92 Å². The molecule has 0 unspecified atom stereocenters. The van der Waals surface area contributed by atoms with Crippen molar-refractivity contribution in [2.24, 2.45) is 0 Å². The lowest BCUT2D eigenvalue weighted by atomic mass is 10.1. The third-order valence-electron chi connectivity index (χ3n) is 3.55. The van der Waals surface area contributed by atoms with Crippen LogP contribution in [-0.2, 0) is 19.0 Å². The van der Waals surface area contributed by atoms with Crippen molar-refractivity contribution >= 4 is 18.0 Å². The van der Waals surface area contributed by atoms with Crippen molar-refractivity contribution in [3.63, 3.8) is 0 Å². The van der Waals surface area contributed by atoms with Gasteiger partial charge in [0.25, 0.3) is 0 Å². The summed E-state index contributed by atoms with van der Waals surface area (Å²) in [6.07, 6.45) is 4.97. The summed E-state index contributed by atoms with van der Waals surface area (Å²) >= 11 is 0. The monoisotopic (exact) mass is 338 g/mol. The van der Waals surface area contributed by atoms with E-state index < -0.39 is 29.7 Å². The molecule has 0 saturated heterocycles. The third kappa shape index (κ3) is 3.01. The van der Waals surface area contributed by atoms with Gasteiger partial charge in [0, 0.05) is 0 Å². The number of hydrogen-bond acceptors (Lipinski definition) is 6. The lowest BCUT2D eigenvalue weighted by Gasteiger charge is -2.46. The van der Waals surface area contributed by atoms with Crippen molar-refractivity contribution in [2.75, 3.05) is 19.8 Å². The van der Waals surface area contributed by atoms with Gasteiger partial charge < -0.3 is 14.2 Å². The highest BCUT2D eigenvalue weighted by Gasteiger charge is 2.55. The average Bonchev–Trinajstić information content (AvgIpc) is 2.79. The molecule has 8 nitrogen and oxygen atoms in total. The second-order valence-electron chi connectivity index (χ2n) is 5.17. The zero-order chi connectivity index (χ0) is 17.7. The summed E-state index contributed by atoms with van der Waals surface area (Å²) in [7, 11) is 0. The van der Waals surface area contributed by atoms with E-state index in [9.17, 15) is 14.4 Å². The van der Waals surface area contributed by atoms with E-state index in [2.05, 4.69) is 0 Å². The molecule has 24 heavy (non-hydrogen) atoms. The summed E-state index contributed by atoms with van der Waals surface area (Å²) in [5.41, 5.74) is -1.75. The molecule has 0 radical (unpaired) electrons. The maximum atomic E-state index is 12.7. The number of nitrogens with zero attached hydrogens (tertiary/aromatic N) is 2. The smallest absolute Gasteiger partial charge is 0.432 e. The Labute approximate surface area is 140 Å². The first kappa shape index (κ1) is 18.0. The van der Waals surface area contributed by atoms with E-state index >= 15 is 0 Å². The fraction of sp³-hybridized carbons (Fsp3) is 0.562. The number of hydrogen-bond donors (Lipinski definition) is 0. The first-order valence-electron chi connectivity index (χ1n) is 8.00. The number of rotatable bonds is 5. The Morgan fingerprint density at radius 3 is 2.42 bits per heavy atom. The van der Waals surface area contributed by atoms with Crippen LogP contribution in [0.15, 0.2) is 24.3 Å². The highest BCUT2D eigenvalue weighted by molar-refractivity contribution is 6.02. The Morgan fingerprint density at radius 2 is 1.79 bits per heavy atom. The van der Waals surface area contributed by atoms with Gasteiger partial charge in [-0.1, -0.05) is 19.1 Å². The van der Waals surface area contributed by atoms with Crippen LogP contribution in [-0.4, -0.2) is 59.6 Å². The van der Waals surface area contributed by atoms with Crippen LogP contribution in [0.4, 0.5) is 9.59 Å². The molecule has 0 aromatic heterocycles. The Bertz CT molecular complexity index is 573. The predicted molar refractivity (Wildman–Crippen MR) is 83.8 cm³/mol. The number of ether oxygens (including phenoxy) is 3. The minimum atomic E-state index is -1.75. The van der Waals surface area contributed by atoms with E-state index in [0.717, 1.165) is 10.0 Å². The Kier molecular flexibility index (Phi) is 5.61. The molecular weight excluding hydrogens is 316 g/mol. The highest BCUT2D eigenvalue weighted by atomic mass is 16.6. The summed E-state index contributed by atoms with van der Waals surface area (Å²) in [4.78, 5) is 37.6. The molecular formula is C16H22N2O6. The fourth-order valence-corrected chi connectivity index (χ4v) is 2.55. The first-order chi connectivity index (χ1) is 11.5. The van der Waals surface area contributed by atoms with E-state index in [1.165, 1.54) is 18.2 Å². The lowest BCUT2D eigenvalue weighted by molar-refractivity contribution is -0.192. The Morgan fingerprint density at radius 1 is 1.12 bits per heavy atom. The van der Waals surface area contributed by atoms with Crippen LogP contribution in [0.3, 0.4) is 0 Å². The molecule has 2 bridgehead atoms. The van der Waals surface area contributed by atoms with Gasteiger partial charge in [-0.2, -0.15) is 10.0 Å². The van der Waals surface area contributed by atoms with Crippen LogP contribution in [0.5, 0.6) is 0 Å². The zero-order valence-electron chi connectivity index (χ0n) is 14.1. The van der Waals surface area contributed by atoms with Crippen LogP contribution in [0.25, 0.3) is 0 Å². The van der Waals surface area contributed by atoms with E-state index in [0.29, 0.717) is 6.42 Å². The molecule has 0 N–H and O–H groups in total. The number of carbonyl (C=O) groups excluding carboxylic acids is 3. The Hall–Kier alpha value is -2.35. The second kappa shape index (κ2) is 7.48. The summed E-state index contributed by atoms with van der Waals surface area (Å²) in [5, 5.41) is 1.97. The Balaban J connectivity index is 2.53. The SMILES string of the molecule is CCCO[C@]12C=C[C@H](C=CC1=O)N(C(=O)OCC)N2C(=O)OCC. The third-order valence-corrected chi connectivity index (χ3v) is 3.55. The molecule has 2 amide bonds.